The molecule has 0 aromatic rings. The fourth-order valence-electron chi connectivity index (χ4n) is 2.79. The number of nitro groups is 1. The van der Waals surface area contributed by atoms with Gasteiger partial charge in [0.25, 0.3) is 0 Å². The van der Waals surface area contributed by atoms with Crippen molar-refractivity contribution in [1.29, 1.82) is 0 Å². The van der Waals surface area contributed by atoms with Crippen molar-refractivity contribution >= 4 is 5.97 Å². The molecule has 0 radical (unpaired) electrons. The Hall–Kier alpha value is -1.65. The van der Waals surface area contributed by atoms with E-state index >= 15 is 0 Å². The normalized spacial score (nSPS) is 11.3. The molecule has 0 unspecified atom stereocenters. The van der Waals surface area contributed by atoms with Crippen LogP contribution < -0.4 is 0 Å². The maximum atomic E-state index is 11.3. The molecule has 0 aliphatic rings. The Morgan fingerprint density at radius 2 is 1.54 bits per heavy atom. The van der Waals surface area contributed by atoms with Gasteiger partial charge in [0.05, 0.1) is 4.92 Å². The number of hydrogen-bond donors (Lipinski definition) is 0. The molecule has 0 saturated heterocycles. The number of hydrogen-bond acceptors (Lipinski definition) is 4. The summed E-state index contributed by atoms with van der Waals surface area (Å²) in [5.41, 5.74) is 0.367. The Morgan fingerprint density at radius 3 is 2.15 bits per heavy atom. The van der Waals surface area contributed by atoms with Crippen LogP contribution in [-0.2, 0) is 9.53 Å². The number of nitrogens with zero attached hydrogens (tertiary/aromatic N) is 1. The van der Waals surface area contributed by atoms with Crippen LogP contribution in [0.25, 0.3) is 0 Å². The molecule has 0 spiro atoms. The first-order valence-electron chi connectivity index (χ1n) is 10.2. The second-order valence-electron chi connectivity index (χ2n) is 6.75. The van der Waals surface area contributed by atoms with Crippen LogP contribution in [0, 0.1) is 10.1 Å². The number of carbonyl (C=O) groups is 1. The van der Waals surface area contributed by atoms with E-state index in [1.54, 1.807) is 6.08 Å². The van der Waals surface area contributed by atoms with Crippen LogP contribution in [0.15, 0.2) is 24.4 Å². The largest absolute Gasteiger partial charge is 0.461 e. The highest BCUT2D eigenvalue weighted by molar-refractivity contribution is 5.69. The molecule has 150 valence electrons. The lowest BCUT2D eigenvalue weighted by molar-refractivity contribution is -0.428. The molecule has 5 nitrogen and oxygen atoms in total. The summed E-state index contributed by atoms with van der Waals surface area (Å²) in [5.74, 6) is -0.182. The Bertz CT molecular complexity index is 418. The van der Waals surface area contributed by atoms with E-state index < -0.39 is 0 Å². The molecule has 0 N–H and O–H groups in total. The standard InChI is InChI=1S/C21H37NO4/c1-3-5-6-7-8-10-13-16-20(22(24)25)17-14-11-9-12-15-18-21(23)26-19-4-2/h4,16H,2-3,5-15,17-19H2,1H3/b20-16-. The predicted octanol–water partition coefficient (Wildman–Crippen LogP) is 6.36. The molecule has 0 atom stereocenters. The average Bonchev–Trinajstić information content (AvgIpc) is 2.62. The van der Waals surface area contributed by atoms with Gasteiger partial charge in [0.15, 0.2) is 0 Å². The first-order chi connectivity index (χ1) is 12.6. The van der Waals surface area contributed by atoms with Crippen molar-refractivity contribution in [2.75, 3.05) is 6.61 Å². The van der Waals surface area contributed by atoms with Gasteiger partial charge in [-0.25, -0.2) is 0 Å². The minimum atomic E-state index is -0.229. The number of allylic oxidation sites excluding steroid dienone is 2. The zero-order chi connectivity index (χ0) is 19.5. The van der Waals surface area contributed by atoms with Crippen LogP contribution in [0.4, 0.5) is 0 Å². The van der Waals surface area contributed by atoms with E-state index in [4.69, 9.17) is 4.74 Å². The zero-order valence-electron chi connectivity index (χ0n) is 16.5. The zero-order valence-corrected chi connectivity index (χ0v) is 16.5. The molecule has 0 amide bonds. The molecule has 0 aromatic carbocycles. The maximum absolute atomic E-state index is 11.3. The van der Waals surface area contributed by atoms with E-state index in [0.717, 1.165) is 51.4 Å². The van der Waals surface area contributed by atoms with Gasteiger partial charge in [-0.2, -0.15) is 0 Å². The van der Waals surface area contributed by atoms with Crippen molar-refractivity contribution in [2.24, 2.45) is 0 Å². The third-order valence-electron chi connectivity index (χ3n) is 4.35. The van der Waals surface area contributed by atoms with Gasteiger partial charge in [0.2, 0.25) is 5.70 Å². The molecule has 0 saturated carbocycles. The van der Waals surface area contributed by atoms with Crippen molar-refractivity contribution in [3.63, 3.8) is 0 Å². The van der Waals surface area contributed by atoms with Crippen LogP contribution in [0.1, 0.15) is 96.8 Å². The van der Waals surface area contributed by atoms with Crippen molar-refractivity contribution in [3.8, 4) is 0 Å². The van der Waals surface area contributed by atoms with Gasteiger partial charge in [-0.05, 0) is 31.8 Å². The van der Waals surface area contributed by atoms with Crippen molar-refractivity contribution < 1.29 is 14.5 Å². The lowest BCUT2D eigenvalue weighted by Gasteiger charge is -2.03. The topological polar surface area (TPSA) is 69.4 Å². The van der Waals surface area contributed by atoms with Gasteiger partial charge >= 0.3 is 5.97 Å². The second-order valence-corrected chi connectivity index (χ2v) is 6.75. The van der Waals surface area contributed by atoms with Crippen LogP contribution in [0.3, 0.4) is 0 Å². The predicted molar refractivity (Wildman–Crippen MR) is 107 cm³/mol. The summed E-state index contributed by atoms with van der Waals surface area (Å²) >= 11 is 0. The highest BCUT2D eigenvalue weighted by atomic mass is 16.6. The van der Waals surface area contributed by atoms with Crippen molar-refractivity contribution in [3.05, 3.63) is 34.5 Å². The number of unbranched alkanes of at least 4 members (excludes halogenated alkanes) is 10. The minimum absolute atomic E-state index is 0.182. The van der Waals surface area contributed by atoms with E-state index in [0.29, 0.717) is 18.5 Å². The second kappa shape index (κ2) is 18.2. The number of ether oxygens (including phenoxy) is 1. The van der Waals surface area contributed by atoms with Crippen LogP contribution >= 0.6 is 0 Å². The van der Waals surface area contributed by atoms with Crippen LogP contribution in [-0.4, -0.2) is 17.5 Å². The van der Waals surface area contributed by atoms with Gasteiger partial charge in [0.1, 0.15) is 6.61 Å². The Balaban J connectivity index is 3.70. The third-order valence-corrected chi connectivity index (χ3v) is 4.35. The number of rotatable bonds is 18. The van der Waals surface area contributed by atoms with Gasteiger partial charge in [-0.15, -0.1) is 0 Å². The van der Waals surface area contributed by atoms with E-state index in [-0.39, 0.29) is 17.5 Å². The summed E-state index contributed by atoms with van der Waals surface area (Å²) in [6.45, 7) is 5.97. The smallest absolute Gasteiger partial charge is 0.306 e. The average molecular weight is 368 g/mol. The van der Waals surface area contributed by atoms with Gasteiger partial charge in [0, 0.05) is 12.8 Å². The molecular weight excluding hydrogens is 330 g/mol. The lowest BCUT2D eigenvalue weighted by atomic mass is 10.1. The molecule has 0 rings (SSSR count). The molecule has 5 heteroatoms. The molecule has 0 aliphatic carbocycles. The summed E-state index contributed by atoms with van der Waals surface area (Å²) in [5, 5.41) is 11.1. The minimum Gasteiger partial charge on any atom is -0.461 e. The van der Waals surface area contributed by atoms with Crippen molar-refractivity contribution in [2.45, 2.75) is 96.8 Å². The van der Waals surface area contributed by atoms with Crippen molar-refractivity contribution in [1.82, 2.24) is 0 Å². The van der Waals surface area contributed by atoms with Crippen LogP contribution in [0.2, 0.25) is 0 Å². The lowest BCUT2D eigenvalue weighted by Crippen LogP contribution is -2.03. The Kier molecular flexibility index (Phi) is 17.0. The Labute approximate surface area is 159 Å². The summed E-state index contributed by atoms with van der Waals surface area (Å²) in [6.07, 6.45) is 17.0. The molecule has 0 bridgehead atoms. The molecule has 0 heterocycles. The Morgan fingerprint density at radius 1 is 0.962 bits per heavy atom. The number of carbonyl (C=O) groups excluding carboxylic acids is 1. The van der Waals surface area contributed by atoms with Gasteiger partial charge in [-0.1, -0.05) is 70.9 Å². The summed E-state index contributed by atoms with van der Waals surface area (Å²) in [4.78, 5) is 22.2. The molecule has 0 aromatic heterocycles. The molecule has 26 heavy (non-hydrogen) atoms. The van der Waals surface area contributed by atoms with Crippen LogP contribution in [0.5, 0.6) is 0 Å². The maximum Gasteiger partial charge on any atom is 0.306 e. The summed E-state index contributed by atoms with van der Waals surface area (Å²) < 4.78 is 4.91. The van der Waals surface area contributed by atoms with Gasteiger partial charge in [-0.3, -0.25) is 14.9 Å². The highest BCUT2D eigenvalue weighted by Crippen LogP contribution is 2.15. The van der Waals surface area contributed by atoms with E-state index in [9.17, 15) is 14.9 Å². The fraction of sp³-hybridized carbons (Fsp3) is 0.762. The summed E-state index contributed by atoms with van der Waals surface area (Å²) in [6, 6.07) is 0. The van der Waals surface area contributed by atoms with Gasteiger partial charge < -0.3 is 4.74 Å². The highest BCUT2D eigenvalue weighted by Gasteiger charge is 2.09. The first-order valence-corrected chi connectivity index (χ1v) is 10.2. The fourth-order valence-corrected chi connectivity index (χ4v) is 2.79. The SMILES string of the molecule is C=CCOC(=O)CCCCCCC/C(=C/CCCCCCCC)[N+](=O)[O-]. The molecule has 0 aliphatic heterocycles. The van der Waals surface area contributed by atoms with E-state index in [1.807, 2.05) is 6.08 Å². The molecular formula is C21H37NO4. The molecule has 0 fully saturated rings. The first kappa shape index (κ1) is 24.4. The summed E-state index contributed by atoms with van der Waals surface area (Å²) in [7, 11) is 0. The number of esters is 1. The quantitative estimate of drug-likeness (QED) is 0.0929. The third kappa shape index (κ3) is 15.9. The monoisotopic (exact) mass is 367 g/mol. The van der Waals surface area contributed by atoms with E-state index in [1.165, 1.54) is 25.7 Å². The van der Waals surface area contributed by atoms with E-state index in [2.05, 4.69) is 13.5 Å².